The van der Waals surface area contributed by atoms with Gasteiger partial charge in [0, 0.05) is 6.42 Å². The van der Waals surface area contributed by atoms with Gasteiger partial charge in [-0.25, -0.2) is 0 Å². The molecule has 0 amide bonds. The first-order valence-electron chi connectivity index (χ1n) is 6.72. The maximum atomic E-state index is 5.48. The molecule has 1 aromatic carbocycles. The van der Waals surface area contributed by atoms with Crippen LogP contribution in [0.25, 0.3) is 0 Å². The van der Waals surface area contributed by atoms with Gasteiger partial charge in [0.25, 0.3) is 0 Å². The van der Waals surface area contributed by atoms with Gasteiger partial charge in [-0.1, -0.05) is 53.7 Å². The first-order chi connectivity index (χ1) is 9.16. The molecule has 1 aliphatic rings. The maximum absolute atomic E-state index is 5.48. The molecule has 0 bridgehead atoms. The average molecular weight is 255 g/mol. The summed E-state index contributed by atoms with van der Waals surface area (Å²) in [5.74, 6) is 0.503. The van der Waals surface area contributed by atoms with Gasteiger partial charge in [0.1, 0.15) is 6.61 Å². The highest BCUT2D eigenvalue weighted by Gasteiger charge is 2.18. The number of hydrogen-bond donors (Lipinski definition) is 0. The molecule has 0 fully saturated rings. The van der Waals surface area contributed by atoms with Crippen LogP contribution < -0.4 is 0 Å². The topological polar surface area (TPSA) is 21.6 Å². The van der Waals surface area contributed by atoms with Crippen molar-refractivity contribution in [3.8, 4) is 0 Å². The van der Waals surface area contributed by atoms with Crippen LogP contribution in [0.5, 0.6) is 0 Å². The second-order valence-electron chi connectivity index (χ2n) is 5.17. The van der Waals surface area contributed by atoms with Crippen LogP contribution in [0.2, 0.25) is 0 Å². The monoisotopic (exact) mass is 255 g/mol. The van der Waals surface area contributed by atoms with E-state index in [4.69, 9.17) is 4.84 Å². The van der Waals surface area contributed by atoms with Crippen LogP contribution in [-0.2, 0) is 11.4 Å². The smallest absolute Gasteiger partial charge is 0.142 e. The van der Waals surface area contributed by atoms with Crippen molar-refractivity contribution in [2.75, 3.05) is 0 Å². The summed E-state index contributed by atoms with van der Waals surface area (Å²) in [6.07, 6.45) is 4.24. The van der Waals surface area contributed by atoms with Crippen molar-refractivity contribution in [1.82, 2.24) is 0 Å². The summed E-state index contributed by atoms with van der Waals surface area (Å²) in [7, 11) is 0. The largest absolute Gasteiger partial charge is 0.391 e. The highest BCUT2D eigenvalue weighted by atomic mass is 16.6. The van der Waals surface area contributed by atoms with Crippen molar-refractivity contribution < 1.29 is 4.84 Å². The predicted octanol–water partition coefficient (Wildman–Crippen LogP) is 4.49. The van der Waals surface area contributed by atoms with Crippen molar-refractivity contribution >= 4 is 5.71 Å². The van der Waals surface area contributed by atoms with Crippen LogP contribution in [0.3, 0.4) is 0 Å². The molecule has 0 N–H and O–H groups in total. The van der Waals surface area contributed by atoms with E-state index in [-0.39, 0.29) is 0 Å². The van der Waals surface area contributed by atoms with Crippen molar-refractivity contribution in [1.29, 1.82) is 0 Å². The zero-order valence-corrected chi connectivity index (χ0v) is 11.7. The van der Waals surface area contributed by atoms with Crippen molar-refractivity contribution in [3.05, 3.63) is 59.7 Å². The molecular formula is C17H21NO. The van der Waals surface area contributed by atoms with E-state index in [0.717, 1.165) is 24.1 Å². The Morgan fingerprint density at radius 1 is 1.37 bits per heavy atom. The maximum Gasteiger partial charge on any atom is 0.142 e. The molecule has 0 heterocycles. The van der Waals surface area contributed by atoms with Crippen molar-refractivity contribution in [2.24, 2.45) is 11.1 Å². The van der Waals surface area contributed by atoms with Crippen LogP contribution in [0.4, 0.5) is 0 Å². The zero-order chi connectivity index (χ0) is 13.7. The minimum Gasteiger partial charge on any atom is -0.391 e. The Morgan fingerprint density at radius 3 is 2.79 bits per heavy atom. The fourth-order valence-electron chi connectivity index (χ4n) is 2.16. The molecule has 0 radical (unpaired) electrons. The Hall–Kier alpha value is -1.83. The number of oxime groups is 1. The summed E-state index contributed by atoms with van der Waals surface area (Å²) in [6, 6.07) is 10.1. The second-order valence-corrected chi connectivity index (χ2v) is 5.17. The van der Waals surface area contributed by atoms with E-state index in [9.17, 15) is 0 Å². The number of hydrogen-bond acceptors (Lipinski definition) is 2. The van der Waals surface area contributed by atoms with Gasteiger partial charge in [-0.15, -0.1) is 0 Å². The summed E-state index contributed by atoms with van der Waals surface area (Å²) < 4.78 is 0. The zero-order valence-electron chi connectivity index (χ0n) is 11.7. The first kappa shape index (κ1) is 13.6. The summed E-state index contributed by atoms with van der Waals surface area (Å²) >= 11 is 0. The van der Waals surface area contributed by atoms with E-state index in [2.05, 4.69) is 31.7 Å². The summed E-state index contributed by atoms with van der Waals surface area (Å²) in [5.41, 5.74) is 4.64. The van der Waals surface area contributed by atoms with E-state index < -0.39 is 0 Å². The standard InChI is InChI=1S/C17H21NO/c1-13(2)16-10-9-14(3)17(11-16)18-19-12-15-7-5-4-6-8-15/h4-9,16H,1,10-12H2,2-3H3/b18-17-. The summed E-state index contributed by atoms with van der Waals surface area (Å²) in [5, 5.41) is 4.30. The molecule has 1 unspecified atom stereocenters. The third-order valence-electron chi connectivity index (χ3n) is 3.55. The van der Waals surface area contributed by atoms with Crippen LogP contribution in [0.15, 0.2) is 59.3 Å². The van der Waals surface area contributed by atoms with Gasteiger partial charge >= 0.3 is 0 Å². The Bertz CT molecular complexity index is 499. The molecule has 0 saturated carbocycles. The van der Waals surface area contributed by atoms with E-state index in [1.54, 1.807) is 0 Å². The quantitative estimate of drug-likeness (QED) is 0.573. The van der Waals surface area contributed by atoms with Gasteiger partial charge in [-0.3, -0.25) is 0 Å². The van der Waals surface area contributed by atoms with Crippen LogP contribution >= 0.6 is 0 Å². The van der Waals surface area contributed by atoms with E-state index >= 15 is 0 Å². The fourth-order valence-corrected chi connectivity index (χ4v) is 2.16. The Balaban J connectivity index is 1.96. The molecule has 1 aliphatic carbocycles. The van der Waals surface area contributed by atoms with E-state index in [1.807, 2.05) is 30.3 Å². The average Bonchev–Trinajstić information content (AvgIpc) is 2.42. The van der Waals surface area contributed by atoms with Gasteiger partial charge in [0.15, 0.2) is 0 Å². The molecule has 2 rings (SSSR count). The molecule has 0 spiro atoms. The normalized spacial score (nSPS) is 21.1. The number of benzene rings is 1. The Morgan fingerprint density at radius 2 is 2.11 bits per heavy atom. The predicted molar refractivity (Wildman–Crippen MR) is 80.0 cm³/mol. The van der Waals surface area contributed by atoms with Crippen molar-refractivity contribution in [3.63, 3.8) is 0 Å². The highest BCUT2D eigenvalue weighted by Crippen LogP contribution is 2.26. The van der Waals surface area contributed by atoms with Gasteiger partial charge in [-0.2, -0.15) is 0 Å². The molecule has 1 atom stereocenters. The molecule has 2 heteroatoms. The lowest BCUT2D eigenvalue weighted by atomic mass is 9.85. The lowest BCUT2D eigenvalue weighted by molar-refractivity contribution is 0.129. The van der Waals surface area contributed by atoms with Crippen LogP contribution in [0.1, 0.15) is 32.3 Å². The minimum atomic E-state index is 0.503. The Kier molecular flexibility index (Phi) is 4.56. The van der Waals surface area contributed by atoms with E-state index in [1.165, 1.54) is 11.1 Å². The highest BCUT2D eigenvalue weighted by molar-refractivity contribution is 6.00. The number of rotatable bonds is 4. The molecule has 2 nitrogen and oxygen atoms in total. The third-order valence-corrected chi connectivity index (χ3v) is 3.55. The minimum absolute atomic E-state index is 0.503. The molecule has 0 aliphatic heterocycles. The molecular weight excluding hydrogens is 234 g/mol. The first-order valence-corrected chi connectivity index (χ1v) is 6.72. The SMILES string of the molecule is C=C(C)C1CC=C(C)/C(=N\OCc2ccccc2)C1. The van der Waals surface area contributed by atoms with Gasteiger partial charge < -0.3 is 4.84 Å². The van der Waals surface area contributed by atoms with Crippen LogP contribution in [0, 0.1) is 5.92 Å². The Labute approximate surface area is 115 Å². The summed E-state index contributed by atoms with van der Waals surface area (Å²) in [4.78, 5) is 5.48. The van der Waals surface area contributed by atoms with E-state index in [0.29, 0.717) is 12.5 Å². The molecule has 19 heavy (non-hydrogen) atoms. The van der Waals surface area contributed by atoms with Crippen LogP contribution in [-0.4, -0.2) is 5.71 Å². The molecule has 0 aromatic heterocycles. The van der Waals surface area contributed by atoms with Gasteiger partial charge in [0.05, 0.1) is 5.71 Å². The summed E-state index contributed by atoms with van der Waals surface area (Å²) in [6.45, 7) is 8.75. The lowest BCUT2D eigenvalue weighted by Gasteiger charge is -2.21. The van der Waals surface area contributed by atoms with Crippen molar-refractivity contribution in [2.45, 2.75) is 33.3 Å². The third kappa shape index (κ3) is 3.82. The second kappa shape index (κ2) is 6.37. The number of allylic oxidation sites excluding steroid dienone is 3. The molecule has 100 valence electrons. The molecule has 0 saturated heterocycles. The lowest BCUT2D eigenvalue weighted by Crippen LogP contribution is -2.15. The fraction of sp³-hybridized carbons (Fsp3) is 0.353. The molecule has 1 aromatic rings. The van der Waals surface area contributed by atoms with Gasteiger partial charge in [-0.05, 0) is 37.3 Å². The number of nitrogens with zero attached hydrogens (tertiary/aromatic N) is 1. The van der Waals surface area contributed by atoms with Gasteiger partial charge in [0.2, 0.25) is 0 Å².